The minimum absolute atomic E-state index is 0.133. The summed E-state index contributed by atoms with van der Waals surface area (Å²) in [5.74, 6) is -5.64. The molecule has 17 nitrogen and oxygen atoms in total. The van der Waals surface area contributed by atoms with Crippen LogP contribution in [0, 0.1) is 0 Å². The highest BCUT2D eigenvalue weighted by Gasteiger charge is 2.48. The second-order valence-corrected chi connectivity index (χ2v) is 10.5. The van der Waals surface area contributed by atoms with Crippen LogP contribution in [-0.2, 0) is 14.2 Å². The highest BCUT2D eigenvalue weighted by Crippen LogP contribution is 2.47. The molecule has 0 spiro atoms. The molecule has 0 saturated carbocycles. The number of aromatic hydroxyl groups is 6. The molecule has 1 aromatic heterocycles. The van der Waals surface area contributed by atoms with Gasteiger partial charge in [-0.25, -0.2) is 4.42 Å². The van der Waals surface area contributed by atoms with Crippen LogP contribution in [0.1, 0.15) is 6.92 Å². The van der Waals surface area contributed by atoms with Crippen molar-refractivity contribution in [2.45, 2.75) is 68.3 Å². The van der Waals surface area contributed by atoms with E-state index >= 15 is 0 Å². The number of aliphatic hydroxyl groups excluding tert-OH is 6. The lowest BCUT2D eigenvalue weighted by Crippen LogP contribution is -2.61. The average Bonchev–Trinajstić information content (AvgIpc) is 2.99. The minimum Gasteiger partial charge on any atom is -0.504 e. The second kappa shape index (κ2) is 11.9. The molecule has 2 saturated heterocycles. The molecule has 10 unspecified atom stereocenters. The molecular weight excluding hydrogens is 596 g/mol. The first-order valence-electron chi connectivity index (χ1n) is 13.2. The van der Waals surface area contributed by atoms with Crippen LogP contribution in [-0.4, -0.2) is 129 Å². The molecule has 3 heterocycles. The Morgan fingerprint density at radius 2 is 1.25 bits per heavy atom. The molecular formula is C27H31O17+. The van der Waals surface area contributed by atoms with Gasteiger partial charge in [0.15, 0.2) is 35.0 Å². The predicted molar refractivity (Wildman–Crippen MR) is 142 cm³/mol. The van der Waals surface area contributed by atoms with Gasteiger partial charge < -0.3 is 80.2 Å². The molecule has 0 radical (unpaired) electrons. The summed E-state index contributed by atoms with van der Waals surface area (Å²) in [6.07, 6.45) is -16.0. The molecule has 2 aromatic carbocycles. The summed E-state index contributed by atoms with van der Waals surface area (Å²) in [7, 11) is 0. The van der Waals surface area contributed by atoms with Gasteiger partial charge in [0.1, 0.15) is 48.1 Å². The van der Waals surface area contributed by atoms with E-state index < -0.39 is 108 Å². The summed E-state index contributed by atoms with van der Waals surface area (Å²) in [6, 6.07) is 3.93. The maximum Gasteiger partial charge on any atom is 0.402 e. The Balaban J connectivity index is 1.48. The zero-order valence-corrected chi connectivity index (χ0v) is 22.7. The van der Waals surface area contributed by atoms with E-state index in [1.165, 1.54) is 6.92 Å². The van der Waals surface area contributed by atoms with Crippen LogP contribution in [0.3, 0.4) is 0 Å². The van der Waals surface area contributed by atoms with E-state index in [9.17, 15) is 61.3 Å². The Morgan fingerprint density at radius 1 is 0.659 bits per heavy atom. The van der Waals surface area contributed by atoms with Crippen LogP contribution in [0.2, 0.25) is 0 Å². The van der Waals surface area contributed by atoms with Crippen molar-refractivity contribution in [3.8, 4) is 51.6 Å². The molecule has 44 heavy (non-hydrogen) atoms. The third-order valence-corrected chi connectivity index (χ3v) is 7.44. The van der Waals surface area contributed by atoms with Gasteiger partial charge in [-0.05, 0) is 6.92 Å². The van der Waals surface area contributed by atoms with Gasteiger partial charge in [0.05, 0.1) is 24.3 Å². The predicted octanol–water partition coefficient (Wildman–Crippen LogP) is -1.36. The van der Waals surface area contributed by atoms with Gasteiger partial charge in [-0.15, -0.1) is 0 Å². The van der Waals surface area contributed by atoms with E-state index in [0.29, 0.717) is 0 Å². The van der Waals surface area contributed by atoms with E-state index in [4.69, 9.17) is 23.4 Å². The van der Waals surface area contributed by atoms with Gasteiger partial charge in [-0.2, -0.15) is 0 Å². The number of hydrogen-bond acceptors (Lipinski definition) is 16. The summed E-state index contributed by atoms with van der Waals surface area (Å²) < 4.78 is 28.0. The van der Waals surface area contributed by atoms with E-state index in [0.717, 1.165) is 24.3 Å². The normalized spacial score (nSPS) is 32.5. The monoisotopic (exact) mass is 627 g/mol. The van der Waals surface area contributed by atoms with Gasteiger partial charge >= 0.3 is 11.3 Å². The number of fused-ring (bicyclic) bond motifs is 1. The van der Waals surface area contributed by atoms with Crippen molar-refractivity contribution >= 4 is 11.0 Å². The SMILES string of the molecule is CC1OC(OCC2OC(Oc3cc4c(O)c(O)c(O)cc4[o+]c3-c3cc(O)c(O)c(O)c3)C(O)C(O)C2O)C(O)C(O)C1O. The fraction of sp³-hybridized carbons (Fsp3) is 0.444. The zero-order valence-electron chi connectivity index (χ0n) is 22.7. The zero-order chi connectivity index (χ0) is 32.2. The first kappa shape index (κ1) is 31.5. The highest BCUT2D eigenvalue weighted by molar-refractivity contribution is 5.91. The van der Waals surface area contributed by atoms with Gasteiger partial charge in [0.25, 0.3) is 0 Å². The standard InChI is InChI=1S/C27H30O17/c1-7-16(31)21(36)23(38)26(41-7)40-6-15-20(35)22(37)24(39)27(44-15)43-14-4-9-13(5-12(30)19(34)17(9)32)42-25(14)8-2-10(28)18(33)11(29)3-8/h2-5,7,15-16,20-24,26-27,31,35-39H,6H2,1H3,(H5-,28,29,30,32,33,34)/p+1. The Morgan fingerprint density at radius 3 is 1.91 bits per heavy atom. The van der Waals surface area contributed by atoms with Crippen molar-refractivity contribution in [1.29, 1.82) is 0 Å². The van der Waals surface area contributed by atoms with Crippen LogP contribution in [0.15, 0.2) is 28.7 Å². The third-order valence-electron chi connectivity index (χ3n) is 7.44. The maximum absolute atomic E-state index is 10.7. The second-order valence-electron chi connectivity index (χ2n) is 10.5. The lowest BCUT2D eigenvalue weighted by Gasteiger charge is -2.42. The molecule has 240 valence electrons. The number of benzene rings is 2. The molecule has 0 amide bonds. The van der Waals surface area contributed by atoms with Gasteiger partial charge in [0.2, 0.25) is 17.8 Å². The molecule has 2 fully saturated rings. The fourth-order valence-corrected chi connectivity index (χ4v) is 4.86. The lowest BCUT2D eigenvalue weighted by atomic mass is 9.98. The van der Waals surface area contributed by atoms with Gasteiger partial charge in [-0.1, -0.05) is 0 Å². The summed E-state index contributed by atoms with van der Waals surface area (Å²) >= 11 is 0. The first-order chi connectivity index (χ1) is 20.7. The van der Waals surface area contributed by atoms with E-state index in [1.54, 1.807) is 0 Å². The number of phenols is 6. The summed E-state index contributed by atoms with van der Waals surface area (Å²) in [5, 5.41) is 122. The molecule has 0 aliphatic carbocycles. The number of rotatable bonds is 6. The van der Waals surface area contributed by atoms with Gasteiger partial charge in [0, 0.05) is 18.2 Å². The minimum atomic E-state index is -1.93. The summed E-state index contributed by atoms with van der Waals surface area (Å²) in [6.45, 7) is 0.829. The number of phenolic OH excluding ortho intramolecular Hbond substituents is 6. The molecule has 5 rings (SSSR count). The van der Waals surface area contributed by atoms with Crippen LogP contribution in [0.5, 0.6) is 40.2 Å². The largest absolute Gasteiger partial charge is 0.504 e. The Kier molecular flexibility index (Phi) is 8.51. The van der Waals surface area contributed by atoms with E-state index in [2.05, 4.69) is 0 Å². The van der Waals surface area contributed by atoms with Crippen molar-refractivity contribution in [2.24, 2.45) is 0 Å². The smallest absolute Gasteiger partial charge is 0.402 e. The topological polar surface area (TPSA) is 291 Å². The molecule has 2 aliphatic rings. The maximum atomic E-state index is 10.7. The van der Waals surface area contributed by atoms with Crippen molar-refractivity contribution in [1.82, 2.24) is 0 Å². The first-order valence-corrected chi connectivity index (χ1v) is 13.2. The molecule has 3 aromatic rings. The van der Waals surface area contributed by atoms with Crippen molar-refractivity contribution in [2.75, 3.05) is 6.61 Å². The Bertz CT molecular complexity index is 1510. The number of aliphatic hydroxyl groups is 6. The fourth-order valence-electron chi connectivity index (χ4n) is 4.86. The van der Waals surface area contributed by atoms with E-state index in [1.807, 2.05) is 0 Å². The number of hydrogen-bond donors (Lipinski definition) is 12. The molecule has 2 aliphatic heterocycles. The molecule has 17 heteroatoms. The Hall–Kier alpha value is -3.91. The van der Waals surface area contributed by atoms with E-state index in [-0.39, 0.29) is 22.3 Å². The molecule has 10 atom stereocenters. The third kappa shape index (κ3) is 5.56. The van der Waals surface area contributed by atoms with Crippen LogP contribution >= 0.6 is 0 Å². The van der Waals surface area contributed by atoms with Crippen molar-refractivity contribution in [3.63, 3.8) is 0 Å². The summed E-state index contributed by atoms with van der Waals surface area (Å²) in [4.78, 5) is 0. The highest BCUT2D eigenvalue weighted by atomic mass is 16.7. The molecule has 12 N–H and O–H groups in total. The van der Waals surface area contributed by atoms with Gasteiger partial charge in [-0.3, -0.25) is 0 Å². The average molecular weight is 628 g/mol. The van der Waals surface area contributed by atoms with Crippen molar-refractivity contribution < 1.29 is 84.6 Å². The summed E-state index contributed by atoms with van der Waals surface area (Å²) in [5.41, 5.74) is -0.363. The number of ether oxygens (including phenoxy) is 4. The van der Waals surface area contributed by atoms with Crippen LogP contribution in [0.25, 0.3) is 22.3 Å². The van der Waals surface area contributed by atoms with Crippen molar-refractivity contribution in [3.05, 3.63) is 24.3 Å². The Labute approximate surface area is 246 Å². The van der Waals surface area contributed by atoms with Crippen LogP contribution < -0.4 is 4.74 Å². The lowest BCUT2D eigenvalue weighted by molar-refractivity contribution is -0.318. The van der Waals surface area contributed by atoms with Crippen LogP contribution in [0.4, 0.5) is 0 Å². The quantitative estimate of drug-likeness (QED) is 0.111. The molecule has 0 bridgehead atoms.